The summed E-state index contributed by atoms with van der Waals surface area (Å²) in [6.45, 7) is 3.57. The van der Waals surface area contributed by atoms with Gasteiger partial charge in [0.2, 0.25) is 0 Å². The maximum Gasteiger partial charge on any atom is 0.413 e. The molecular formula is C25H29N5O5. The van der Waals surface area contributed by atoms with Crippen molar-refractivity contribution >= 4 is 17.9 Å². The second kappa shape index (κ2) is 11.8. The van der Waals surface area contributed by atoms with Crippen molar-refractivity contribution in [3.8, 4) is 29.5 Å². The standard InChI is InChI=1S/C25H29N5O5/c1-5-7-9-17(6-2)16(3)34-25(33)27-23-22(28-29-30(23)4)21-13-12-20(15-26-21)35-19-11-8-10-18(14-19)24(31)32/h1,6-7,9,12-13,15-16,18-19H,8,10-11,14H2,2-4H3,(H,27,33)(H,31,32)/b9-7-,17-6+/t16-,18+,19+/m1/s1. The van der Waals surface area contributed by atoms with Gasteiger partial charge in [-0.2, -0.15) is 0 Å². The summed E-state index contributed by atoms with van der Waals surface area (Å²) in [6, 6.07) is 3.44. The number of aryl methyl sites for hydroxylation is 1. The fraction of sp³-hybridized carbons (Fsp3) is 0.400. The van der Waals surface area contributed by atoms with E-state index in [0.29, 0.717) is 35.8 Å². The highest BCUT2D eigenvalue weighted by Gasteiger charge is 2.28. The molecule has 1 amide bonds. The number of carboxylic acids is 1. The molecular weight excluding hydrogens is 450 g/mol. The van der Waals surface area contributed by atoms with Crippen LogP contribution in [-0.2, 0) is 16.6 Å². The van der Waals surface area contributed by atoms with E-state index in [9.17, 15) is 14.7 Å². The molecule has 0 unspecified atom stereocenters. The summed E-state index contributed by atoms with van der Waals surface area (Å²) in [5, 5.41) is 20.0. The van der Waals surface area contributed by atoms with Crippen molar-refractivity contribution in [2.45, 2.75) is 51.7 Å². The minimum atomic E-state index is -0.784. The van der Waals surface area contributed by atoms with E-state index in [1.54, 1.807) is 38.4 Å². The van der Waals surface area contributed by atoms with Gasteiger partial charge in [0.25, 0.3) is 0 Å². The molecule has 3 atom stereocenters. The topological polar surface area (TPSA) is 128 Å². The predicted octanol–water partition coefficient (Wildman–Crippen LogP) is 3.97. The van der Waals surface area contributed by atoms with Crippen molar-refractivity contribution < 1.29 is 24.2 Å². The van der Waals surface area contributed by atoms with Crippen molar-refractivity contribution in [3.63, 3.8) is 0 Å². The zero-order chi connectivity index (χ0) is 25.4. The molecule has 2 N–H and O–H groups in total. The van der Waals surface area contributed by atoms with Gasteiger partial charge in [0, 0.05) is 7.05 Å². The molecule has 3 rings (SSSR count). The van der Waals surface area contributed by atoms with Crippen LogP contribution in [-0.4, -0.2) is 49.4 Å². The average molecular weight is 480 g/mol. The van der Waals surface area contributed by atoms with Crippen molar-refractivity contribution in [2.24, 2.45) is 13.0 Å². The van der Waals surface area contributed by atoms with Crippen molar-refractivity contribution in [2.75, 3.05) is 5.32 Å². The van der Waals surface area contributed by atoms with Crippen LogP contribution in [0.5, 0.6) is 5.75 Å². The molecule has 1 saturated carbocycles. The number of terminal acetylenes is 1. The number of anilines is 1. The van der Waals surface area contributed by atoms with Crippen LogP contribution in [0.15, 0.2) is 42.1 Å². The van der Waals surface area contributed by atoms with Crippen LogP contribution in [0.2, 0.25) is 0 Å². The first kappa shape index (κ1) is 25.5. The molecule has 2 aromatic heterocycles. The van der Waals surface area contributed by atoms with Crippen LogP contribution in [0.3, 0.4) is 0 Å². The number of rotatable bonds is 8. The number of carboxylic acid groups (broad SMARTS) is 1. The summed E-state index contributed by atoms with van der Waals surface area (Å²) in [5.74, 6) is 2.10. The van der Waals surface area contributed by atoms with Gasteiger partial charge in [-0.3, -0.25) is 15.1 Å². The van der Waals surface area contributed by atoms with Crippen LogP contribution in [0.1, 0.15) is 39.5 Å². The molecule has 1 aliphatic rings. The smallest absolute Gasteiger partial charge is 0.413 e. The number of hydrogen-bond acceptors (Lipinski definition) is 7. The lowest BCUT2D eigenvalue weighted by Crippen LogP contribution is -2.29. The van der Waals surface area contributed by atoms with Crippen molar-refractivity contribution in [1.29, 1.82) is 0 Å². The largest absolute Gasteiger partial charge is 0.489 e. The van der Waals surface area contributed by atoms with E-state index in [2.05, 4.69) is 26.5 Å². The Balaban J connectivity index is 1.67. The quantitative estimate of drug-likeness (QED) is 0.430. The lowest BCUT2D eigenvalue weighted by Gasteiger charge is -2.27. The van der Waals surface area contributed by atoms with Gasteiger partial charge >= 0.3 is 12.1 Å². The van der Waals surface area contributed by atoms with Crippen LogP contribution < -0.4 is 10.1 Å². The number of pyridine rings is 1. The highest BCUT2D eigenvalue weighted by molar-refractivity contribution is 5.88. The lowest BCUT2D eigenvalue weighted by molar-refractivity contribution is -0.143. The number of amides is 1. The van der Waals surface area contributed by atoms with Crippen LogP contribution in [0.4, 0.5) is 10.6 Å². The minimum absolute atomic E-state index is 0.166. The van der Waals surface area contributed by atoms with Gasteiger partial charge in [-0.15, -0.1) is 11.5 Å². The fourth-order valence-corrected chi connectivity index (χ4v) is 3.89. The molecule has 10 nitrogen and oxygen atoms in total. The van der Waals surface area contributed by atoms with E-state index >= 15 is 0 Å². The Morgan fingerprint density at radius 1 is 1.37 bits per heavy atom. The summed E-state index contributed by atoms with van der Waals surface area (Å²) in [7, 11) is 1.64. The minimum Gasteiger partial charge on any atom is -0.489 e. The molecule has 184 valence electrons. The van der Waals surface area contributed by atoms with E-state index in [0.717, 1.165) is 18.4 Å². The molecule has 1 aliphatic carbocycles. The van der Waals surface area contributed by atoms with Gasteiger partial charge in [0.05, 0.1) is 23.9 Å². The Morgan fingerprint density at radius 2 is 2.17 bits per heavy atom. The molecule has 35 heavy (non-hydrogen) atoms. The Labute approximate surface area is 204 Å². The maximum atomic E-state index is 12.5. The zero-order valence-electron chi connectivity index (χ0n) is 20.0. The van der Waals surface area contributed by atoms with E-state index in [1.807, 2.05) is 13.0 Å². The van der Waals surface area contributed by atoms with Crippen LogP contribution in [0.25, 0.3) is 11.4 Å². The zero-order valence-corrected chi connectivity index (χ0v) is 20.0. The monoisotopic (exact) mass is 479 g/mol. The van der Waals surface area contributed by atoms with Gasteiger partial charge in [0.15, 0.2) is 11.5 Å². The molecule has 0 spiro atoms. The Hall–Kier alpha value is -4.13. The highest BCUT2D eigenvalue weighted by Crippen LogP contribution is 2.29. The number of hydrogen-bond donors (Lipinski definition) is 2. The number of nitrogens with one attached hydrogen (secondary N) is 1. The molecule has 0 radical (unpaired) electrons. The van der Waals surface area contributed by atoms with E-state index < -0.39 is 18.2 Å². The predicted molar refractivity (Wildman–Crippen MR) is 130 cm³/mol. The number of aliphatic carboxylic acids is 1. The summed E-state index contributed by atoms with van der Waals surface area (Å²) < 4.78 is 12.8. The maximum absolute atomic E-state index is 12.5. The first-order valence-electron chi connectivity index (χ1n) is 11.3. The third kappa shape index (κ3) is 6.69. The van der Waals surface area contributed by atoms with Gasteiger partial charge in [0.1, 0.15) is 11.9 Å². The second-order valence-corrected chi connectivity index (χ2v) is 8.19. The Kier molecular flexibility index (Phi) is 8.62. The van der Waals surface area contributed by atoms with Crippen molar-refractivity contribution in [1.82, 2.24) is 20.0 Å². The normalized spacial score (nSPS) is 19.1. The average Bonchev–Trinajstić information content (AvgIpc) is 3.20. The molecule has 1 fully saturated rings. The SMILES string of the molecule is C#C/C=C\C(=C/C)[C@@H](C)OC(=O)Nc1c(-c2ccc(O[C@H]3CCC[C@H](C(=O)O)C3)cn2)nnn1C. The van der Waals surface area contributed by atoms with Crippen LogP contribution in [0, 0.1) is 18.3 Å². The van der Waals surface area contributed by atoms with Gasteiger partial charge in [-0.05, 0) is 69.4 Å². The fourth-order valence-electron chi connectivity index (χ4n) is 3.89. The molecule has 0 bridgehead atoms. The summed E-state index contributed by atoms with van der Waals surface area (Å²) in [5.41, 5.74) is 1.60. The number of aromatic nitrogens is 4. The first-order valence-corrected chi connectivity index (χ1v) is 11.3. The third-order valence-corrected chi connectivity index (χ3v) is 5.76. The summed E-state index contributed by atoms with van der Waals surface area (Å²) >= 11 is 0. The second-order valence-electron chi connectivity index (χ2n) is 8.19. The highest BCUT2D eigenvalue weighted by atomic mass is 16.6. The third-order valence-electron chi connectivity index (χ3n) is 5.76. The summed E-state index contributed by atoms with van der Waals surface area (Å²) in [6.07, 6.45) is 13.2. The molecule has 0 aliphatic heterocycles. The Bertz CT molecular complexity index is 1150. The molecule has 2 aromatic rings. The molecule has 10 heteroatoms. The number of allylic oxidation sites excluding steroid dienone is 2. The van der Waals surface area contributed by atoms with E-state index in [1.165, 1.54) is 10.8 Å². The Morgan fingerprint density at radius 3 is 2.83 bits per heavy atom. The summed E-state index contributed by atoms with van der Waals surface area (Å²) in [4.78, 5) is 28.2. The number of carbonyl (C=O) groups excluding carboxylic acids is 1. The van der Waals surface area contributed by atoms with Crippen molar-refractivity contribution in [3.05, 3.63) is 42.1 Å². The number of nitrogens with zero attached hydrogens (tertiary/aromatic N) is 4. The molecule has 0 aromatic carbocycles. The number of ether oxygens (including phenoxy) is 2. The number of carbonyl (C=O) groups is 2. The van der Waals surface area contributed by atoms with E-state index in [-0.39, 0.29) is 12.0 Å². The van der Waals surface area contributed by atoms with Gasteiger partial charge in [-0.1, -0.05) is 17.2 Å². The van der Waals surface area contributed by atoms with E-state index in [4.69, 9.17) is 15.9 Å². The molecule has 2 heterocycles. The van der Waals surface area contributed by atoms with Gasteiger partial charge in [-0.25, -0.2) is 9.48 Å². The lowest BCUT2D eigenvalue weighted by atomic mass is 9.87. The molecule has 0 saturated heterocycles. The van der Waals surface area contributed by atoms with Crippen LogP contribution >= 0.6 is 0 Å². The first-order chi connectivity index (χ1) is 16.8. The van der Waals surface area contributed by atoms with Gasteiger partial charge < -0.3 is 14.6 Å².